The van der Waals surface area contributed by atoms with E-state index in [2.05, 4.69) is 29.4 Å². The predicted molar refractivity (Wildman–Crippen MR) is 131 cm³/mol. The first-order chi connectivity index (χ1) is 16.1. The summed E-state index contributed by atoms with van der Waals surface area (Å²) in [6, 6.07) is 21.2. The van der Waals surface area contributed by atoms with Gasteiger partial charge in [-0.25, -0.2) is 4.98 Å². The van der Waals surface area contributed by atoms with Crippen molar-refractivity contribution >= 4 is 22.9 Å². The smallest absolute Gasteiger partial charge is 0.275 e. The Morgan fingerprint density at radius 2 is 1.82 bits per heavy atom. The molecule has 1 heterocycles. The summed E-state index contributed by atoms with van der Waals surface area (Å²) in [5.41, 5.74) is 4.08. The van der Waals surface area contributed by atoms with Gasteiger partial charge in [0.2, 0.25) is 0 Å². The SMILES string of the molecule is COc1ccc(NC(=O)c2csc(-c3cccc(OCc4cccc(C)c4)c3)n2)c(OC)c1. The summed E-state index contributed by atoms with van der Waals surface area (Å²) in [5.74, 6) is 1.59. The minimum Gasteiger partial charge on any atom is -0.497 e. The molecule has 0 unspecified atom stereocenters. The first-order valence-electron chi connectivity index (χ1n) is 10.3. The molecule has 0 saturated heterocycles. The van der Waals surface area contributed by atoms with Crippen LogP contribution in [-0.4, -0.2) is 25.1 Å². The maximum Gasteiger partial charge on any atom is 0.275 e. The molecule has 0 aliphatic heterocycles. The predicted octanol–water partition coefficient (Wildman–Crippen LogP) is 5.97. The number of rotatable bonds is 8. The number of methoxy groups -OCH3 is 2. The van der Waals surface area contributed by atoms with Gasteiger partial charge in [-0.15, -0.1) is 11.3 Å². The molecule has 0 aliphatic rings. The number of aryl methyl sites for hydroxylation is 1. The van der Waals surface area contributed by atoms with E-state index in [9.17, 15) is 4.79 Å². The lowest BCUT2D eigenvalue weighted by Crippen LogP contribution is -2.13. The van der Waals surface area contributed by atoms with Crippen LogP contribution in [0.1, 0.15) is 21.6 Å². The Labute approximate surface area is 196 Å². The molecule has 1 aromatic heterocycles. The highest BCUT2D eigenvalue weighted by molar-refractivity contribution is 7.13. The van der Waals surface area contributed by atoms with Gasteiger partial charge in [0, 0.05) is 17.0 Å². The van der Waals surface area contributed by atoms with Crippen LogP contribution in [0.25, 0.3) is 10.6 Å². The van der Waals surface area contributed by atoms with Crippen molar-refractivity contribution in [2.24, 2.45) is 0 Å². The van der Waals surface area contributed by atoms with Crippen LogP contribution in [0, 0.1) is 6.92 Å². The highest BCUT2D eigenvalue weighted by Crippen LogP contribution is 2.31. The number of hydrogen-bond donors (Lipinski definition) is 1. The van der Waals surface area contributed by atoms with Crippen molar-refractivity contribution in [2.45, 2.75) is 13.5 Å². The number of benzene rings is 3. The third kappa shape index (κ3) is 5.51. The maximum absolute atomic E-state index is 12.8. The molecule has 33 heavy (non-hydrogen) atoms. The van der Waals surface area contributed by atoms with Gasteiger partial charge >= 0.3 is 0 Å². The molecule has 0 fully saturated rings. The van der Waals surface area contributed by atoms with Crippen LogP contribution in [0.4, 0.5) is 5.69 Å². The van der Waals surface area contributed by atoms with Gasteiger partial charge in [-0.05, 0) is 36.8 Å². The maximum atomic E-state index is 12.8. The van der Waals surface area contributed by atoms with E-state index in [4.69, 9.17) is 14.2 Å². The molecule has 6 nitrogen and oxygen atoms in total. The van der Waals surface area contributed by atoms with Crippen molar-refractivity contribution in [1.82, 2.24) is 4.98 Å². The fourth-order valence-corrected chi connectivity index (χ4v) is 4.08. The number of nitrogens with one attached hydrogen (secondary N) is 1. The van der Waals surface area contributed by atoms with Crippen molar-refractivity contribution in [3.8, 4) is 27.8 Å². The normalized spacial score (nSPS) is 10.5. The van der Waals surface area contributed by atoms with Gasteiger partial charge < -0.3 is 19.5 Å². The molecular formula is C26H24N2O4S. The Hall–Kier alpha value is -3.84. The zero-order valence-electron chi connectivity index (χ0n) is 18.6. The van der Waals surface area contributed by atoms with Gasteiger partial charge in [0.05, 0.1) is 19.9 Å². The van der Waals surface area contributed by atoms with Crippen LogP contribution < -0.4 is 19.5 Å². The van der Waals surface area contributed by atoms with Gasteiger partial charge in [0.1, 0.15) is 34.6 Å². The van der Waals surface area contributed by atoms with Crippen LogP contribution in [-0.2, 0) is 6.61 Å². The molecule has 0 spiro atoms. The molecule has 0 radical (unpaired) electrons. The van der Waals surface area contributed by atoms with Crippen LogP contribution in [0.3, 0.4) is 0 Å². The standard InChI is InChI=1S/C26H24N2O4S/c1-17-6-4-7-18(12-17)15-32-21-9-5-8-19(13-21)26-28-23(16-33-26)25(29)27-22-11-10-20(30-2)14-24(22)31-3/h4-14,16H,15H2,1-3H3,(H,27,29). The van der Waals surface area contributed by atoms with E-state index in [-0.39, 0.29) is 5.91 Å². The summed E-state index contributed by atoms with van der Waals surface area (Å²) in [5, 5.41) is 5.32. The van der Waals surface area contributed by atoms with Crippen molar-refractivity contribution in [3.63, 3.8) is 0 Å². The van der Waals surface area contributed by atoms with Crippen LogP contribution in [0.2, 0.25) is 0 Å². The lowest BCUT2D eigenvalue weighted by Gasteiger charge is -2.10. The second-order valence-electron chi connectivity index (χ2n) is 7.36. The van der Waals surface area contributed by atoms with Crippen molar-refractivity contribution in [2.75, 3.05) is 19.5 Å². The third-order valence-corrected chi connectivity index (χ3v) is 5.85. The monoisotopic (exact) mass is 460 g/mol. The lowest BCUT2D eigenvalue weighted by atomic mass is 10.1. The van der Waals surface area contributed by atoms with E-state index in [1.165, 1.54) is 16.9 Å². The van der Waals surface area contributed by atoms with E-state index in [1.807, 2.05) is 36.4 Å². The molecule has 0 bridgehead atoms. The Morgan fingerprint density at radius 3 is 2.61 bits per heavy atom. The Kier molecular flexibility index (Phi) is 6.90. The lowest BCUT2D eigenvalue weighted by molar-refractivity contribution is 0.102. The van der Waals surface area contributed by atoms with Gasteiger partial charge in [-0.3, -0.25) is 4.79 Å². The minimum absolute atomic E-state index is 0.312. The van der Waals surface area contributed by atoms with E-state index < -0.39 is 0 Å². The molecule has 1 amide bonds. The number of ether oxygens (including phenoxy) is 3. The van der Waals surface area contributed by atoms with Gasteiger partial charge in [-0.2, -0.15) is 0 Å². The summed E-state index contributed by atoms with van der Waals surface area (Å²) in [7, 11) is 3.12. The number of aromatic nitrogens is 1. The summed E-state index contributed by atoms with van der Waals surface area (Å²) >= 11 is 1.40. The molecule has 1 N–H and O–H groups in total. The van der Waals surface area contributed by atoms with Gasteiger partial charge in [0.15, 0.2) is 0 Å². The number of anilines is 1. The van der Waals surface area contributed by atoms with Crippen molar-refractivity contribution in [3.05, 3.63) is 88.9 Å². The Bertz CT molecular complexity index is 1270. The molecule has 0 saturated carbocycles. The first-order valence-corrected chi connectivity index (χ1v) is 11.2. The largest absolute Gasteiger partial charge is 0.497 e. The average molecular weight is 461 g/mol. The van der Waals surface area contributed by atoms with Crippen LogP contribution >= 0.6 is 11.3 Å². The van der Waals surface area contributed by atoms with E-state index in [0.717, 1.165) is 21.9 Å². The molecule has 3 aromatic carbocycles. The summed E-state index contributed by atoms with van der Waals surface area (Å²) < 4.78 is 16.5. The highest BCUT2D eigenvalue weighted by atomic mass is 32.1. The molecule has 0 atom stereocenters. The van der Waals surface area contributed by atoms with E-state index >= 15 is 0 Å². The molecule has 7 heteroatoms. The Morgan fingerprint density at radius 1 is 0.970 bits per heavy atom. The number of carbonyl (C=O) groups is 1. The van der Waals surface area contributed by atoms with E-state index in [1.54, 1.807) is 37.8 Å². The zero-order chi connectivity index (χ0) is 23.2. The van der Waals surface area contributed by atoms with Crippen LogP contribution in [0.15, 0.2) is 72.1 Å². The fourth-order valence-electron chi connectivity index (χ4n) is 3.29. The highest BCUT2D eigenvalue weighted by Gasteiger charge is 2.15. The Balaban J connectivity index is 1.46. The number of hydrogen-bond acceptors (Lipinski definition) is 6. The zero-order valence-corrected chi connectivity index (χ0v) is 19.4. The van der Waals surface area contributed by atoms with Crippen molar-refractivity contribution < 1.29 is 19.0 Å². The minimum atomic E-state index is -0.312. The van der Waals surface area contributed by atoms with Crippen molar-refractivity contribution in [1.29, 1.82) is 0 Å². The number of amides is 1. The molecule has 0 aliphatic carbocycles. The van der Waals surface area contributed by atoms with Crippen LogP contribution in [0.5, 0.6) is 17.2 Å². The number of nitrogens with zero attached hydrogens (tertiary/aromatic N) is 1. The summed E-state index contributed by atoms with van der Waals surface area (Å²) in [4.78, 5) is 17.3. The number of thiazole rings is 1. The first kappa shape index (κ1) is 22.4. The summed E-state index contributed by atoms with van der Waals surface area (Å²) in [6.07, 6.45) is 0. The van der Waals surface area contributed by atoms with Gasteiger partial charge in [0.25, 0.3) is 5.91 Å². The molecule has 4 rings (SSSR count). The quantitative estimate of drug-likeness (QED) is 0.351. The third-order valence-electron chi connectivity index (χ3n) is 4.96. The topological polar surface area (TPSA) is 69.7 Å². The van der Waals surface area contributed by atoms with E-state index in [0.29, 0.717) is 29.5 Å². The molecule has 168 valence electrons. The second kappa shape index (κ2) is 10.2. The number of carbonyl (C=O) groups excluding carboxylic acids is 1. The average Bonchev–Trinajstić information content (AvgIpc) is 3.34. The fraction of sp³-hybridized carbons (Fsp3) is 0.154. The molecule has 4 aromatic rings. The second-order valence-corrected chi connectivity index (χ2v) is 8.22. The van der Waals surface area contributed by atoms with Gasteiger partial charge in [-0.1, -0.05) is 42.0 Å². The summed E-state index contributed by atoms with van der Waals surface area (Å²) in [6.45, 7) is 2.55. The molecular weight excluding hydrogens is 436 g/mol.